The summed E-state index contributed by atoms with van der Waals surface area (Å²) in [5.74, 6) is 2.23. The lowest BCUT2D eigenvalue weighted by Gasteiger charge is -2.39. The molecule has 14 heteroatoms. The standard InChI is InChI=1S/C18H29N3O3.C17H25N7O/c1-18(2,3)21(17(22)23)14-11-19-9-12-20(13-10-19)15-7-5-6-8-16(15)24-4;1-25-14-5-3-2-4-13(14)24-10-8-23(9-11-24)7-6-12-15(18)16(19)22-17(20)21-12/h5-8H,9-14H2,1-4H3,(H,22,23);2-5H,6-11,18H2,1H3,(H4,19,20,21,22). The lowest BCUT2D eigenvalue weighted by atomic mass is 10.1. The molecule has 3 aromatic rings. The lowest BCUT2D eigenvalue weighted by Crippen LogP contribution is -2.52. The molecule has 0 spiro atoms. The minimum atomic E-state index is -0.852. The van der Waals surface area contributed by atoms with Gasteiger partial charge in [0.2, 0.25) is 5.95 Å². The maximum atomic E-state index is 11.4. The van der Waals surface area contributed by atoms with Crippen molar-refractivity contribution in [2.75, 3.05) is 113 Å². The van der Waals surface area contributed by atoms with Gasteiger partial charge in [0.15, 0.2) is 5.82 Å². The Morgan fingerprint density at radius 3 is 1.69 bits per heavy atom. The van der Waals surface area contributed by atoms with Crippen molar-refractivity contribution in [1.29, 1.82) is 0 Å². The molecule has 0 aliphatic carbocycles. The highest BCUT2D eigenvalue weighted by Crippen LogP contribution is 2.29. The summed E-state index contributed by atoms with van der Waals surface area (Å²) in [6.07, 6.45) is -0.146. The Bertz CT molecular complexity index is 1500. The first-order valence-corrected chi connectivity index (χ1v) is 16.8. The molecular formula is C35H54N10O4. The van der Waals surface area contributed by atoms with Gasteiger partial charge in [-0.05, 0) is 45.0 Å². The first-order valence-electron chi connectivity index (χ1n) is 16.8. The fourth-order valence-corrected chi connectivity index (χ4v) is 6.18. The van der Waals surface area contributed by atoms with Gasteiger partial charge in [-0.15, -0.1) is 0 Å². The average molecular weight is 679 g/mol. The number of nitrogen functional groups attached to an aromatic ring is 3. The number of carbonyl (C=O) groups is 1. The van der Waals surface area contributed by atoms with Gasteiger partial charge in [0.25, 0.3) is 0 Å². The molecule has 2 saturated heterocycles. The number of para-hydroxylation sites is 4. The molecule has 49 heavy (non-hydrogen) atoms. The maximum Gasteiger partial charge on any atom is 0.407 e. The minimum absolute atomic E-state index is 0.169. The molecule has 5 rings (SSSR count). The molecule has 0 bridgehead atoms. The summed E-state index contributed by atoms with van der Waals surface area (Å²) in [7, 11) is 3.40. The third-order valence-corrected chi connectivity index (χ3v) is 9.01. The smallest absolute Gasteiger partial charge is 0.407 e. The summed E-state index contributed by atoms with van der Waals surface area (Å²) < 4.78 is 10.9. The van der Waals surface area contributed by atoms with Crippen LogP contribution < -0.4 is 36.5 Å². The van der Waals surface area contributed by atoms with E-state index < -0.39 is 6.09 Å². The van der Waals surface area contributed by atoms with Crippen molar-refractivity contribution < 1.29 is 19.4 Å². The van der Waals surface area contributed by atoms with Gasteiger partial charge >= 0.3 is 6.09 Å². The van der Waals surface area contributed by atoms with Gasteiger partial charge in [-0.25, -0.2) is 9.78 Å². The van der Waals surface area contributed by atoms with E-state index in [4.69, 9.17) is 26.7 Å². The monoisotopic (exact) mass is 678 g/mol. The van der Waals surface area contributed by atoms with E-state index in [0.29, 0.717) is 18.7 Å². The van der Waals surface area contributed by atoms with Crippen LogP contribution in [0.1, 0.15) is 26.5 Å². The third-order valence-electron chi connectivity index (χ3n) is 9.01. The molecule has 2 fully saturated rings. The number of benzene rings is 2. The van der Waals surface area contributed by atoms with Crippen molar-refractivity contribution in [2.24, 2.45) is 0 Å². The second-order valence-electron chi connectivity index (χ2n) is 13.2. The van der Waals surface area contributed by atoms with Crippen molar-refractivity contribution >= 4 is 34.9 Å². The molecule has 0 unspecified atom stereocenters. The highest BCUT2D eigenvalue weighted by atomic mass is 16.5. The number of anilines is 5. The Labute approximate surface area is 290 Å². The number of amides is 1. The average Bonchev–Trinajstić information content (AvgIpc) is 3.09. The number of piperazine rings is 2. The molecule has 2 aliphatic heterocycles. The van der Waals surface area contributed by atoms with Crippen LogP contribution in [-0.4, -0.2) is 128 Å². The Morgan fingerprint density at radius 1 is 0.776 bits per heavy atom. The summed E-state index contributed by atoms with van der Waals surface area (Å²) in [5.41, 5.74) is 20.4. The van der Waals surface area contributed by atoms with E-state index in [-0.39, 0.29) is 17.3 Å². The molecule has 0 radical (unpaired) electrons. The van der Waals surface area contributed by atoms with E-state index in [1.54, 1.807) is 14.2 Å². The molecular weight excluding hydrogens is 624 g/mol. The normalized spacial score (nSPS) is 15.7. The van der Waals surface area contributed by atoms with Crippen LogP contribution in [0.15, 0.2) is 48.5 Å². The Morgan fingerprint density at radius 2 is 1.24 bits per heavy atom. The molecule has 268 valence electrons. The van der Waals surface area contributed by atoms with Crippen LogP contribution in [0.5, 0.6) is 11.5 Å². The number of hydrogen-bond acceptors (Lipinski definition) is 12. The fourth-order valence-electron chi connectivity index (χ4n) is 6.18. The van der Waals surface area contributed by atoms with Crippen LogP contribution in [0, 0.1) is 0 Å². The SMILES string of the molecule is COc1ccccc1N1CCN(CCN(C(=O)O)C(C)(C)C)CC1.COc1ccccc1N1CCN(CCc2nc(N)nc(N)c2N)CC1. The van der Waals surface area contributed by atoms with Gasteiger partial charge in [0.1, 0.15) is 11.5 Å². The maximum absolute atomic E-state index is 11.4. The number of carboxylic acid groups (broad SMARTS) is 1. The Hall–Kier alpha value is -4.69. The fraction of sp³-hybridized carbons (Fsp3) is 0.514. The highest BCUT2D eigenvalue weighted by molar-refractivity contribution is 5.66. The van der Waals surface area contributed by atoms with E-state index >= 15 is 0 Å². The Kier molecular flexibility index (Phi) is 13.0. The van der Waals surface area contributed by atoms with Crippen molar-refractivity contribution in [3.8, 4) is 11.5 Å². The number of rotatable bonds is 10. The van der Waals surface area contributed by atoms with Crippen LogP contribution in [-0.2, 0) is 6.42 Å². The largest absolute Gasteiger partial charge is 0.495 e. The third kappa shape index (κ3) is 10.2. The molecule has 0 saturated carbocycles. The van der Waals surface area contributed by atoms with Crippen molar-refractivity contribution in [3.05, 3.63) is 54.2 Å². The van der Waals surface area contributed by atoms with E-state index in [0.717, 1.165) is 94.0 Å². The van der Waals surface area contributed by atoms with Gasteiger partial charge in [-0.1, -0.05) is 24.3 Å². The van der Waals surface area contributed by atoms with Crippen molar-refractivity contribution in [2.45, 2.75) is 32.7 Å². The summed E-state index contributed by atoms with van der Waals surface area (Å²) >= 11 is 0. The topological polar surface area (TPSA) is 176 Å². The van der Waals surface area contributed by atoms with E-state index in [9.17, 15) is 9.90 Å². The van der Waals surface area contributed by atoms with Gasteiger partial charge in [0, 0.05) is 84.0 Å². The summed E-state index contributed by atoms with van der Waals surface area (Å²) in [6.45, 7) is 15.5. The summed E-state index contributed by atoms with van der Waals surface area (Å²) in [6, 6.07) is 16.2. The number of methoxy groups -OCH3 is 2. The first kappa shape index (κ1) is 37.1. The molecule has 1 amide bonds. The molecule has 1 aromatic heterocycles. The molecule has 3 heterocycles. The van der Waals surface area contributed by atoms with Crippen LogP contribution in [0.4, 0.5) is 33.6 Å². The van der Waals surface area contributed by atoms with E-state index in [1.807, 2.05) is 57.2 Å². The zero-order valence-corrected chi connectivity index (χ0v) is 29.6. The lowest BCUT2D eigenvalue weighted by molar-refractivity contribution is 0.0901. The number of ether oxygens (including phenoxy) is 2. The predicted octanol–water partition coefficient (Wildman–Crippen LogP) is 3.19. The molecule has 7 N–H and O–H groups in total. The molecule has 2 aromatic carbocycles. The zero-order valence-electron chi connectivity index (χ0n) is 29.6. The number of hydrogen-bond donors (Lipinski definition) is 4. The second kappa shape index (κ2) is 17.1. The quantitative estimate of drug-likeness (QED) is 0.246. The number of nitrogens with zero attached hydrogens (tertiary/aromatic N) is 7. The van der Waals surface area contributed by atoms with Crippen LogP contribution >= 0.6 is 0 Å². The van der Waals surface area contributed by atoms with E-state index in [1.165, 1.54) is 4.90 Å². The van der Waals surface area contributed by atoms with Crippen LogP contribution in [0.2, 0.25) is 0 Å². The second-order valence-corrected chi connectivity index (χ2v) is 13.2. The highest BCUT2D eigenvalue weighted by Gasteiger charge is 2.27. The number of nitrogens with two attached hydrogens (primary N) is 3. The van der Waals surface area contributed by atoms with Crippen molar-refractivity contribution in [3.63, 3.8) is 0 Å². The molecule has 0 atom stereocenters. The van der Waals surface area contributed by atoms with Gasteiger partial charge in [0.05, 0.1) is 37.0 Å². The van der Waals surface area contributed by atoms with E-state index in [2.05, 4.69) is 41.7 Å². The predicted molar refractivity (Wildman–Crippen MR) is 197 cm³/mol. The van der Waals surface area contributed by atoms with Crippen LogP contribution in [0.3, 0.4) is 0 Å². The zero-order chi connectivity index (χ0) is 35.6. The van der Waals surface area contributed by atoms with Gasteiger partial charge < -0.3 is 46.5 Å². The van der Waals surface area contributed by atoms with Gasteiger partial charge in [-0.2, -0.15) is 4.98 Å². The van der Waals surface area contributed by atoms with Crippen molar-refractivity contribution in [1.82, 2.24) is 24.7 Å². The summed E-state index contributed by atoms with van der Waals surface area (Å²) in [4.78, 5) is 30.4. The Balaban J connectivity index is 0.000000221. The van der Waals surface area contributed by atoms with Crippen LogP contribution in [0.25, 0.3) is 0 Å². The molecule has 14 nitrogen and oxygen atoms in total. The summed E-state index contributed by atoms with van der Waals surface area (Å²) in [5, 5.41) is 9.37. The minimum Gasteiger partial charge on any atom is -0.495 e. The van der Waals surface area contributed by atoms with Gasteiger partial charge in [-0.3, -0.25) is 9.80 Å². The molecule has 2 aliphatic rings. The number of aromatic nitrogens is 2. The first-order chi connectivity index (χ1) is 23.4.